The van der Waals surface area contributed by atoms with E-state index in [2.05, 4.69) is 32.2 Å². The Bertz CT molecular complexity index is 1260. The largest absolute Gasteiger partial charge is 0.488 e. The zero-order valence-corrected chi connectivity index (χ0v) is 24.0. The summed E-state index contributed by atoms with van der Waals surface area (Å²) in [5, 5.41) is 14.0. The number of nitrogens with zero attached hydrogens (tertiary/aromatic N) is 3. The van der Waals surface area contributed by atoms with Crippen molar-refractivity contribution in [1.82, 2.24) is 9.80 Å². The molecular formula is C28H32BrF3N4O5. The maximum Gasteiger partial charge on any atom is 0.423 e. The number of carbonyl (C=O) groups excluding carboxylic acids is 1. The molecule has 0 spiro atoms. The Hall–Kier alpha value is -2.90. The highest BCUT2D eigenvalue weighted by Gasteiger charge is 2.38. The van der Waals surface area contributed by atoms with Gasteiger partial charge >= 0.3 is 6.18 Å². The van der Waals surface area contributed by atoms with Gasteiger partial charge in [-0.3, -0.25) is 19.8 Å². The molecule has 1 saturated carbocycles. The number of rotatable bonds is 8. The molecule has 2 fully saturated rings. The molecule has 0 radical (unpaired) electrons. The normalized spacial score (nSPS) is 23.1. The molecule has 2 aliphatic heterocycles. The highest BCUT2D eigenvalue weighted by Crippen LogP contribution is 2.38. The minimum atomic E-state index is -4.82. The van der Waals surface area contributed by atoms with Crippen LogP contribution >= 0.6 is 15.9 Å². The monoisotopic (exact) mass is 640 g/mol. The van der Waals surface area contributed by atoms with Crippen LogP contribution in [0.5, 0.6) is 5.75 Å². The van der Waals surface area contributed by atoms with Crippen molar-refractivity contribution in [2.24, 2.45) is 0 Å². The summed E-state index contributed by atoms with van der Waals surface area (Å²) >= 11 is 3.50. The number of alkyl halides is 3. The van der Waals surface area contributed by atoms with E-state index in [4.69, 9.17) is 9.47 Å². The molecule has 3 aliphatic rings. The number of nitrogens with one attached hydrogen (secondary N) is 1. The van der Waals surface area contributed by atoms with Gasteiger partial charge in [-0.15, -0.1) is 0 Å². The van der Waals surface area contributed by atoms with Gasteiger partial charge in [0.25, 0.3) is 5.69 Å². The second-order valence-corrected chi connectivity index (χ2v) is 11.7. The fourth-order valence-corrected chi connectivity index (χ4v) is 6.17. The van der Waals surface area contributed by atoms with Crippen LogP contribution in [0.1, 0.15) is 36.8 Å². The third kappa shape index (κ3) is 7.49. The molecule has 41 heavy (non-hydrogen) atoms. The van der Waals surface area contributed by atoms with Crippen molar-refractivity contribution in [2.45, 2.75) is 56.5 Å². The Balaban J connectivity index is 1.00. The van der Waals surface area contributed by atoms with Crippen molar-refractivity contribution in [3.8, 4) is 5.75 Å². The van der Waals surface area contributed by atoms with E-state index in [-0.39, 0.29) is 36.5 Å². The van der Waals surface area contributed by atoms with Gasteiger partial charge in [0.1, 0.15) is 24.0 Å². The summed E-state index contributed by atoms with van der Waals surface area (Å²) in [5.41, 5.74) is -0.830. The maximum atomic E-state index is 13.3. The molecule has 9 nitrogen and oxygen atoms in total. The fraction of sp³-hybridized carbons (Fsp3) is 0.536. The van der Waals surface area contributed by atoms with Gasteiger partial charge in [0, 0.05) is 61.4 Å². The molecule has 0 unspecified atom stereocenters. The van der Waals surface area contributed by atoms with Crippen molar-refractivity contribution >= 4 is 33.2 Å². The first-order valence-corrected chi connectivity index (χ1v) is 14.5. The van der Waals surface area contributed by atoms with Gasteiger partial charge in [-0.25, -0.2) is 0 Å². The maximum absolute atomic E-state index is 13.3. The number of hydrogen-bond acceptors (Lipinski definition) is 7. The summed E-state index contributed by atoms with van der Waals surface area (Å²) in [5.74, 6) is 0.903. The molecular weight excluding hydrogens is 609 g/mol. The van der Waals surface area contributed by atoms with Crippen LogP contribution < -0.4 is 10.1 Å². The van der Waals surface area contributed by atoms with Gasteiger partial charge in [-0.05, 0) is 61.6 Å². The van der Waals surface area contributed by atoms with Crippen LogP contribution in [0.15, 0.2) is 40.9 Å². The molecule has 2 aromatic rings. The van der Waals surface area contributed by atoms with Crippen molar-refractivity contribution in [1.29, 1.82) is 0 Å². The molecule has 1 amide bonds. The summed E-state index contributed by atoms with van der Waals surface area (Å²) in [7, 11) is 0. The summed E-state index contributed by atoms with van der Waals surface area (Å²) in [6.45, 7) is 3.66. The third-order valence-corrected chi connectivity index (χ3v) is 8.43. The van der Waals surface area contributed by atoms with Crippen molar-refractivity contribution in [2.75, 3.05) is 44.6 Å². The van der Waals surface area contributed by atoms with Crippen LogP contribution in [0.2, 0.25) is 0 Å². The number of halogens is 4. The van der Waals surface area contributed by atoms with Crippen LogP contribution in [-0.2, 0) is 22.1 Å². The number of amides is 1. The Morgan fingerprint density at radius 3 is 2.51 bits per heavy atom. The Morgan fingerprint density at radius 2 is 1.83 bits per heavy atom. The smallest absolute Gasteiger partial charge is 0.423 e. The van der Waals surface area contributed by atoms with Gasteiger partial charge in [-0.1, -0.05) is 15.9 Å². The first-order chi connectivity index (χ1) is 19.5. The molecule has 1 N–H and O–H groups in total. The van der Waals surface area contributed by atoms with E-state index in [0.717, 1.165) is 48.4 Å². The van der Waals surface area contributed by atoms with Crippen LogP contribution in [0.25, 0.3) is 0 Å². The summed E-state index contributed by atoms with van der Waals surface area (Å²) in [4.78, 5) is 26.9. The van der Waals surface area contributed by atoms with Gasteiger partial charge in [0.05, 0.1) is 11.0 Å². The molecule has 1 saturated heterocycles. The topological polar surface area (TPSA) is 97.2 Å². The van der Waals surface area contributed by atoms with Gasteiger partial charge in [-0.2, -0.15) is 13.2 Å². The molecule has 0 bridgehead atoms. The predicted octanol–water partition coefficient (Wildman–Crippen LogP) is 5.26. The molecule has 2 heterocycles. The highest BCUT2D eigenvalue weighted by molar-refractivity contribution is 9.10. The molecule has 0 aromatic heterocycles. The highest BCUT2D eigenvalue weighted by atomic mass is 79.9. The van der Waals surface area contributed by atoms with Gasteiger partial charge in [0.2, 0.25) is 5.91 Å². The minimum Gasteiger partial charge on any atom is -0.488 e. The number of ether oxygens (including phenoxy) is 2. The van der Waals surface area contributed by atoms with Gasteiger partial charge < -0.3 is 19.7 Å². The van der Waals surface area contributed by atoms with E-state index in [0.29, 0.717) is 38.8 Å². The Labute approximate surface area is 244 Å². The zero-order valence-electron chi connectivity index (χ0n) is 22.4. The van der Waals surface area contributed by atoms with Crippen LogP contribution in [-0.4, -0.2) is 78.2 Å². The summed E-state index contributed by atoms with van der Waals surface area (Å²) in [6.07, 6.45) is -1.29. The second-order valence-electron chi connectivity index (χ2n) is 10.8. The van der Waals surface area contributed by atoms with E-state index in [1.54, 1.807) is 0 Å². The third-order valence-electron chi connectivity index (χ3n) is 7.94. The average Bonchev–Trinajstić information content (AvgIpc) is 3.33. The zero-order chi connectivity index (χ0) is 29.1. The van der Waals surface area contributed by atoms with Gasteiger partial charge in [0.15, 0.2) is 0 Å². The number of nitro benzene ring substituents is 1. The average molecular weight is 641 g/mol. The number of nitro groups is 1. The lowest BCUT2D eigenvalue weighted by molar-refractivity contribution is -0.388. The second kappa shape index (κ2) is 12.5. The molecule has 5 rings (SSSR count). The number of carbonyl (C=O) groups is 1. The number of benzene rings is 2. The summed E-state index contributed by atoms with van der Waals surface area (Å²) in [6, 6.07) is 8.96. The van der Waals surface area contributed by atoms with E-state index >= 15 is 0 Å². The molecule has 1 atom stereocenters. The van der Waals surface area contributed by atoms with E-state index in [1.165, 1.54) is 11.6 Å². The lowest BCUT2D eigenvalue weighted by Gasteiger charge is -2.36. The number of fused-ring (bicyclic) bond motifs is 1. The van der Waals surface area contributed by atoms with E-state index < -0.39 is 22.4 Å². The SMILES string of the molecule is O=C(CO[C@H]1CC[C@H](Nc2ccc([N+](=O)[O-])c(C(F)(F)F)c2)CC1)N1CCN(C[C@H]2Cc3cc(Br)ccc3O2)CC1. The molecule has 1 aliphatic carbocycles. The Morgan fingerprint density at radius 1 is 1.10 bits per heavy atom. The lowest BCUT2D eigenvalue weighted by atomic mass is 9.92. The first-order valence-electron chi connectivity index (χ1n) is 13.7. The quantitative estimate of drug-likeness (QED) is 0.310. The standard InChI is InChI=1S/C28H32BrF3N4O5/c29-19-1-8-26-18(13-19)14-23(41-26)16-34-9-11-35(12-10-34)27(37)17-40-22-5-2-20(3-6-22)33-21-4-7-25(36(38)39)24(15-21)28(30,31)32/h1,4,7-8,13,15,20,22-23,33H,2-3,5-6,9-12,14,16-17H2/t20-,22-,23-/m1/s1. The van der Waals surface area contributed by atoms with Crippen LogP contribution in [0.3, 0.4) is 0 Å². The number of anilines is 1. The van der Waals surface area contributed by atoms with Crippen molar-refractivity contribution < 1.29 is 32.4 Å². The number of piperazine rings is 1. The predicted molar refractivity (Wildman–Crippen MR) is 149 cm³/mol. The molecule has 2 aromatic carbocycles. The lowest BCUT2D eigenvalue weighted by Crippen LogP contribution is -2.51. The first kappa shape index (κ1) is 29.6. The Kier molecular flexibility index (Phi) is 9.05. The molecule has 13 heteroatoms. The van der Waals surface area contributed by atoms with Crippen LogP contribution in [0.4, 0.5) is 24.5 Å². The van der Waals surface area contributed by atoms with E-state index in [9.17, 15) is 28.1 Å². The number of hydrogen-bond donors (Lipinski definition) is 1. The van der Waals surface area contributed by atoms with Crippen LogP contribution in [0, 0.1) is 10.1 Å². The fourth-order valence-electron chi connectivity index (χ4n) is 5.76. The summed E-state index contributed by atoms with van der Waals surface area (Å²) < 4.78 is 52.8. The van der Waals surface area contributed by atoms with E-state index in [1.807, 2.05) is 17.0 Å². The minimum absolute atomic E-state index is 0.00990. The van der Waals surface area contributed by atoms with Crippen molar-refractivity contribution in [3.05, 3.63) is 62.1 Å². The van der Waals surface area contributed by atoms with Crippen molar-refractivity contribution in [3.63, 3.8) is 0 Å². The molecule has 222 valence electrons.